The fourth-order valence-corrected chi connectivity index (χ4v) is 1.51. The van der Waals surface area contributed by atoms with Gasteiger partial charge in [0, 0.05) is 26.7 Å². The van der Waals surface area contributed by atoms with Gasteiger partial charge in [-0.05, 0) is 13.8 Å². The van der Waals surface area contributed by atoms with Gasteiger partial charge in [0.05, 0.1) is 12.2 Å². The molecule has 18 heavy (non-hydrogen) atoms. The molecule has 1 aliphatic rings. The topological polar surface area (TPSA) is 96.9 Å². The van der Waals surface area contributed by atoms with Crippen molar-refractivity contribution >= 4 is 12.0 Å². The van der Waals surface area contributed by atoms with Crippen molar-refractivity contribution in [1.29, 1.82) is 0 Å². The molecule has 0 spiro atoms. The maximum atomic E-state index is 11.7. The molecule has 2 amide bonds. The van der Waals surface area contributed by atoms with E-state index in [9.17, 15) is 9.59 Å². The fourth-order valence-electron chi connectivity index (χ4n) is 1.51. The number of hydrogen-bond acceptors (Lipinski definition) is 4. The van der Waals surface area contributed by atoms with Crippen LogP contribution in [0, 0.1) is 0 Å². The molecule has 0 aromatic carbocycles. The molecule has 104 valence electrons. The van der Waals surface area contributed by atoms with Crippen molar-refractivity contribution in [2.24, 2.45) is 0 Å². The Morgan fingerprint density at radius 2 is 2.17 bits per heavy atom. The Labute approximate surface area is 106 Å². The van der Waals surface area contributed by atoms with E-state index < -0.39 is 23.1 Å². The first-order chi connectivity index (χ1) is 8.31. The molecule has 0 radical (unpaired) electrons. The predicted molar refractivity (Wildman–Crippen MR) is 63.4 cm³/mol. The number of aliphatic carboxylic acids is 1. The average Bonchev–Trinajstić information content (AvgIpc) is 2.76. The lowest BCUT2D eigenvalue weighted by atomic mass is 9.99. The van der Waals surface area contributed by atoms with Crippen LogP contribution >= 0.6 is 0 Å². The maximum Gasteiger partial charge on any atom is 0.332 e. The minimum Gasteiger partial charge on any atom is -0.479 e. The molecule has 0 aromatic heterocycles. The number of ether oxygens (including phenoxy) is 2. The molecular formula is C11H20N2O5. The zero-order valence-electron chi connectivity index (χ0n) is 10.9. The number of carboxylic acid groups (broad SMARTS) is 1. The second kappa shape index (κ2) is 5.53. The van der Waals surface area contributed by atoms with Crippen molar-refractivity contribution in [1.82, 2.24) is 10.6 Å². The summed E-state index contributed by atoms with van der Waals surface area (Å²) >= 11 is 0. The highest BCUT2D eigenvalue weighted by Crippen LogP contribution is 2.18. The molecule has 1 unspecified atom stereocenters. The summed E-state index contributed by atoms with van der Waals surface area (Å²) in [6.07, 6.45) is 0.267. The van der Waals surface area contributed by atoms with Crippen LogP contribution in [0.15, 0.2) is 0 Å². The second-order valence-electron chi connectivity index (χ2n) is 4.96. The molecule has 1 atom stereocenters. The molecule has 1 saturated heterocycles. The maximum absolute atomic E-state index is 11.7. The van der Waals surface area contributed by atoms with Crippen molar-refractivity contribution in [3.63, 3.8) is 0 Å². The van der Waals surface area contributed by atoms with Crippen LogP contribution in [0.1, 0.15) is 20.3 Å². The van der Waals surface area contributed by atoms with E-state index in [0.29, 0.717) is 6.61 Å². The number of amides is 2. The number of hydrogen-bond donors (Lipinski definition) is 3. The van der Waals surface area contributed by atoms with Gasteiger partial charge in [0.2, 0.25) is 0 Å². The van der Waals surface area contributed by atoms with E-state index in [1.807, 2.05) is 13.8 Å². The summed E-state index contributed by atoms with van der Waals surface area (Å²) < 4.78 is 10.2. The third kappa shape index (κ3) is 3.58. The van der Waals surface area contributed by atoms with Gasteiger partial charge in [0.25, 0.3) is 0 Å². The van der Waals surface area contributed by atoms with E-state index in [4.69, 9.17) is 14.6 Å². The summed E-state index contributed by atoms with van der Waals surface area (Å²) in [6, 6.07) is -0.534. The van der Waals surface area contributed by atoms with Crippen LogP contribution in [0.4, 0.5) is 4.79 Å². The molecule has 1 aliphatic heterocycles. The number of carbonyl (C=O) groups is 2. The molecule has 7 heteroatoms. The van der Waals surface area contributed by atoms with Gasteiger partial charge in [-0.25, -0.2) is 9.59 Å². The Balaban J connectivity index is 2.51. The minimum absolute atomic E-state index is 0.0105. The standard InChI is InChI=1S/C11H20N2O5/c1-10(2,17-3)6-12-9(16)13-11(8(14)15)4-5-18-7-11/h4-7H2,1-3H3,(H,14,15)(H2,12,13,16). The lowest BCUT2D eigenvalue weighted by molar-refractivity contribution is -0.144. The molecule has 1 heterocycles. The van der Waals surface area contributed by atoms with Gasteiger partial charge < -0.3 is 25.2 Å². The van der Waals surface area contributed by atoms with Crippen molar-refractivity contribution < 1.29 is 24.2 Å². The third-order valence-electron chi connectivity index (χ3n) is 3.01. The largest absolute Gasteiger partial charge is 0.479 e. The van der Waals surface area contributed by atoms with Crippen LogP contribution in [0.2, 0.25) is 0 Å². The lowest BCUT2D eigenvalue weighted by Gasteiger charge is -2.27. The average molecular weight is 260 g/mol. The molecule has 0 saturated carbocycles. The smallest absolute Gasteiger partial charge is 0.332 e. The van der Waals surface area contributed by atoms with E-state index in [1.54, 1.807) is 7.11 Å². The highest BCUT2D eigenvalue weighted by Gasteiger charge is 2.44. The summed E-state index contributed by atoms with van der Waals surface area (Å²) in [5.41, 5.74) is -1.82. The van der Waals surface area contributed by atoms with Gasteiger partial charge in [-0.15, -0.1) is 0 Å². The Bertz CT molecular complexity index is 323. The number of carbonyl (C=O) groups excluding carboxylic acids is 1. The quantitative estimate of drug-likeness (QED) is 0.644. The van der Waals surface area contributed by atoms with Gasteiger partial charge in [0.1, 0.15) is 0 Å². The summed E-state index contributed by atoms with van der Waals surface area (Å²) in [6.45, 7) is 4.24. The van der Waals surface area contributed by atoms with Gasteiger partial charge in [0.15, 0.2) is 5.54 Å². The zero-order valence-corrected chi connectivity index (χ0v) is 10.9. The lowest BCUT2D eigenvalue weighted by Crippen LogP contribution is -2.58. The van der Waals surface area contributed by atoms with Crippen molar-refractivity contribution in [2.45, 2.75) is 31.4 Å². The van der Waals surface area contributed by atoms with E-state index in [2.05, 4.69) is 10.6 Å². The van der Waals surface area contributed by atoms with Crippen LogP contribution in [0.5, 0.6) is 0 Å². The first kappa shape index (κ1) is 14.7. The molecule has 1 rings (SSSR count). The van der Waals surface area contributed by atoms with Gasteiger partial charge in [-0.1, -0.05) is 0 Å². The highest BCUT2D eigenvalue weighted by molar-refractivity contribution is 5.86. The molecule has 1 fully saturated rings. The molecular weight excluding hydrogens is 240 g/mol. The van der Waals surface area contributed by atoms with Crippen LogP contribution in [0.3, 0.4) is 0 Å². The molecule has 3 N–H and O–H groups in total. The Hall–Kier alpha value is -1.34. The first-order valence-electron chi connectivity index (χ1n) is 5.74. The Kier molecular flexibility index (Phi) is 4.53. The molecule has 0 bridgehead atoms. The first-order valence-corrected chi connectivity index (χ1v) is 5.74. The molecule has 0 aromatic rings. The number of carboxylic acids is 1. The normalized spacial score (nSPS) is 23.7. The molecule has 0 aliphatic carbocycles. The number of urea groups is 1. The third-order valence-corrected chi connectivity index (χ3v) is 3.01. The van der Waals surface area contributed by atoms with E-state index in [0.717, 1.165) is 0 Å². The Morgan fingerprint density at radius 3 is 2.61 bits per heavy atom. The molecule has 7 nitrogen and oxygen atoms in total. The summed E-state index contributed by atoms with van der Waals surface area (Å²) in [5, 5.41) is 14.2. The summed E-state index contributed by atoms with van der Waals surface area (Å²) in [7, 11) is 1.54. The van der Waals surface area contributed by atoms with Gasteiger partial charge in [-0.3, -0.25) is 0 Å². The fraction of sp³-hybridized carbons (Fsp3) is 0.818. The van der Waals surface area contributed by atoms with Crippen molar-refractivity contribution in [3.05, 3.63) is 0 Å². The van der Waals surface area contributed by atoms with Crippen LogP contribution in [-0.4, -0.2) is 55.1 Å². The van der Waals surface area contributed by atoms with Crippen LogP contribution in [0.25, 0.3) is 0 Å². The van der Waals surface area contributed by atoms with Crippen molar-refractivity contribution in [2.75, 3.05) is 26.9 Å². The number of methoxy groups -OCH3 is 1. The number of nitrogens with one attached hydrogen (secondary N) is 2. The predicted octanol–water partition coefficient (Wildman–Crippen LogP) is -0.0457. The van der Waals surface area contributed by atoms with E-state index >= 15 is 0 Å². The summed E-state index contributed by atoms with van der Waals surface area (Å²) in [5.74, 6) is -1.08. The van der Waals surface area contributed by atoms with E-state index in [-0.39, 0.29) is 19.6 Å². The van der Waals surface area contributed by atoms with Gasteiger partial charge in [-0.2, -0.15) is 0 Å². The number of rotatable bonds is 5. The minimum atomic E-state index is -1.32. The monoisotopic (exact) mass is 260 g/mol. The van der Waals surface area contributed by atoms with Crippen LogP contribution < -0.4 is 10.6 Å². The van der Waals surface area contributed by atoms with Gasteiger partial charge >= 0.3 is 12.0 Å². The Morgan fingerprint density at radius 1 is 1.50 bits per heavy atom. The summed E-state index contributed by atoms with van der Waals surface area (Å²) in [4.78, 5) is 22.8. The second-order valence-corrected chi connectivity index (χ2v) is 4.96. The highest BCUT2D eigenvalue weighted by atomic mass is 16.5. The van der Waals surface area contributed by atoms with Crippen LogP contribution in [-0.2, 0) is 14.3 Å². The SMILES string of the molecule is COC(C)(C)CNC(=O)NC1(C(=O)O)CCOC1. The zero-order chi connectivity index (χ0) is 13.8. The van der Waals surface area contributed by atoms with E-state index in [1.165, 1.54) is 0 Å². The van der Waals surface area contributed by atoms with Crippen molar-refractivity contribution in [3.8, 4) is 0 Å².